The summed E-state index contributed by atoms with van der Waals surface area (Å²) < 4.78 is 11.3. The van der Waals surface area contributed by atoms with Gasteiger partial charge in [0.15, 0.2) is 11.5 Å². The fraction of sp³-hybridized carbons (Fsp3) is 0.500. The molecule has 2 unspecified atom stereocenters. The van der Waals surface area contributed by atoms with Crippen LogP contribution in [0.2, 0.25) is 0 Å². The Kier molecular flexibility index (Phi) is 3.11. The van der Waals surface area contributed by atoms with Gasteiger partial charge >= 0.3 is 0 Å². The summed E-state index contributed by atoms with van der Waals surface area (Å²) in [5, 5.41) is 9.18. The molecule has 0 aromatic heterocycles. The molecule has 0 radical (unpaired) electrons. The molecule has 0 fully saturated rings. The fourth-order valence-electron chi connectivity index (χ4n) is 1.63. The molecule has 0 aliphatic carbocycles. The molecular formula is C12H16O3. The van der Waals surface area contributed by atoms with E-state index in [0.717, 1.165) is 24.3 Å². The van der Waals surface area contributed by atoms with Crippen molar-refractivity contribution in [3.8, 4) is 11.5 Å². The summed E-state index contributed by atoms with van der Waals surface area (Å²) in [7, 11) is 0. The quantitative estimate of drug-likeness (QED) is 0.825. The van der Waals surface area contributed by atoms with Crippen molar-refractivity contribution in [3.63, 3.8) is 0 Å². The van der Waals surface area contributed by atoms with Gasteiger partial charge in [-0.25, -0.2) is 0 Å². The third kappa shape index (κ3) is 2.63. The number of aliphatic hydroxyl groups is 1. The highest BCUT2D eigenvalue weighted by Gasteiger charge is 2.20. The first-order valence-electron chi connectivity index (χ1n) is 5.32. The van der Waals surface area contributed by atoms with Crippen LogP contribution in [0.4, 0.5) is 0 Å². The number of rotatable bonds is 3. The first-order valence-corrected chi connectivity index (χ1v) is 5.32. The van der Waals surface area contributed by atoms with Gasteiger partial charge in [-0.15, -0.1) is 0 Å². The van der Waals surface area contributed by atoms with Crippen LogP contribution in [-0.4, -0.2) is 23.9 Å². The van der Waals surface area contributed by atoms with Gasteiger partial charge in [0.2, 0.25) is 0 Å². The molecule has 2 atom stereocenters. The molecule has 0 saturated heterocycles. The maximum absolute atomic E-state index is 9.18. The molecule has 82 valence electrons. The van der Waals surface area contributed by atoms with E-state index in [4.69, 9.17) is 9.47 Å². The van der Waals surface area contributed by atoms with Crippen molar-refractivity contribution < 1.29 is 14.6 Å². The van der Waals surface area contributed by atoms with Crippen LogP contribution in [0.25, 0.3) is 0 Å². The standard InChI is InChI=1S/C12H16O3/c1-9(13)6-7-10-8-14-11-4-2-3-5-12(11)15-10/h2-5,9-10,13H,6-8H2,1H3. The smallest absolute Gasteiger partial charge is 0.161 e. The molecule has 15 heavy (non-hydrogen) atoms. The molecule has 3 heteroatoms. The normalized spacial score (nSPS) is 21.1. The third-order valence-electron chi connectivity index (χ3n) is 2.47. The highest BCUT2D eigenvalue weighted by molar-refractivity contribution is 5.40. The van der Waals surface area contributed by atoms with E-state index in [-0.39, 0.29) is 12.2 Å². The van der Waals surface area contributed by atoms with Crippen molar-refractivity contribution in [2.24, 2.45) is 0 Å². The van der Waals surface area contributed by atoms with E-state index in [1.54, 1.807) is 6.92 Å². The van der Waals surface area contributed by atoms with Crippen LogP contribution < -0.4 is 9.47 Å². The van der Waals surface area contributed by atoms with Crippen molar-refractivity contribution >= 4 is 0 Å². The number of ether oxygens (including phenoxy) is 2. The Balaban J connectivity index is 1.94. The Labute approximate surface area is 89.6 Å². The monoisotopic (exact) mass is 208 g/mol. The average molecular weight is 208 g/mol. The van der Waals surface area contributed by atoms with Crippen LogP contribution in [0.3, 0.4) is 0 Å². The van der Waals surface area contributed by atoms with Gasteiger partial charge in [-0.2, -0.15) is 0 Å². The fourth-order valence-corrected chi connectivity index (χ4v) is 1.63. The molecule has 1 aromatic rings. The minimum Gasteiger partial charge on any atom is -0.486 e. The number of hydrogen-bond acceptors (Lipinski definition) is 3. The lowest BCUT2D eigenvalue weighted by molar-refractivity contribution is 0.0702. The predicted molar refractivity (Wildman–Crippen MR) is 57.3 cm³/mol. The zero-order chi connectivity index (χ0) is 10.7. The van der Waals surface area contributed by atoms with Crippen LogP contribution >= 0.6 is 0 Å². The number of aliphatic hydroxyl groups excluding tert-OH is 1. The van der Waals surface area contributed by atoms with E-state index < -0.39 is 0 Å². The minimum absolute atomic E-state index is 0.0644. The maximum Gasteiger partial charge on any atom is 0.161 e. The Morgan fingerprint density at radius 2 is 2.13 bits per heavy atom. The van der Waals surface area contributed by atoms with Crippen LogP contribution in [-0.2, 0) is 0 Å². The molecule has 1 aliphatic heterocycles. The van der Waals surface area contributed by atoms with Crippen LogP contribution in [0.5, 0.6) is 11.5 Å². The van der Waals surface area contributed by atoms with E-state index in [1.807, 2.05) is 24.3 Å². The summed E-state index contributed by atoms with van der Waals surface area (Å²) in [5.41, 5.74) is 0. The molecule has 3 nitrogen and oxygen atoms in total. The first kappa shape index (κ1) is 10.3. The largest absolute Gasteiger partial charge is 0.486 e. The maximum atomic E-state index is 9.18. The highest BCUT2D eigenvalue weighted by atomic mass is 16.6. The lowest BCUT2D eigenvalue weighted by Crippen LogP contribution is -2.29. The summed E-state index contributed by atoms with van der Waals surface area (Å²) >= 11 is 0. The predicted octanol–water partition coefficient (Wildman–Crippen LogP) is 1.99. The van der Waals surface area contributed by atoms with Gasteiger partial charge in [-0.1, -0.05) is 12.1 Å². The van der Waals surface area contributed by atoms with Crippen molar-refractivity contribution in [2.75, 3.05) is 6.61 Å². The summed E-state index contributed by atoms with van der Waals surface area (Å²) in [6, 6.07) is 7.67. The first-order chi connectivity index (χ1) is 7.25. The van der Waals surface area contributed by atoms with E-state index in [9.17, 15) is 5.11 Å². The van der Waals surface area contributed by atoms with Gasteiger partial charge in [-0.3, -0.25) is 0 Å². The van der Waals surface area contributed by atoms with Crippen molar-refractivity contribution in [3.05, 3.63) is 24.3 Å². The molecule has 0 bridgehead atoms. The van der Waals surface area contributed by atoms with Gasteiger partial charge in [0.25, 0.3) is 0 Å². The summed E-state index contributed by atoms with van der Waals surface area (Å²) in [6.07, 6.45) is 1.36. The second-order valence-electron chi connectivity index (χ2n) is 3.92. The molecule has 0 spiro atoms. The van der Waals surface area contributed by atoms with Gasteiger partial charge < -0.3 is 14.6 Å². The van der Waals surface area contributed by atoms with Crippen LogP contribution in [0.15, 0.2) is 24.3 Å². The Bertz CT molecular complexity index is 322. The minimum atomic E-state index is -0.272. The number of fused-ring (bicyclic) bond motifs is 1. The molecule has 1 aromatic carbocycles. The third-order valence-corrected chi connectivity index (χ3v) is 2.47. The second kappa shape index (κ2) is 4.53. The molecule has 1 heterocycles. The van der Waals surface area contributed by atoms with Crippen molar-refractivity contribution in [1.82, 2.24) is 0 Å². The van der Waals surface area contributed by atoms with Gasteiger partial charge in [0.05, 0.1) is 6.10 Å². The van der Waals surface area contributed by atoms with Gasteiger partial charge in [0.1, 0.15) is 12.7 Å². The molecule has 1 aliphatic rings. The summed E-state index contributed by atoms with van der Waals surface area (Å²) in [5.74, 6) is 1.62. The number of para-hydroxylation sites is 2. The SMILES string of the molecule is CC(O)CCC1COc2ccccc2O1. The van der Waals surface area contributed by atoms with Gasteiger partial charge in [0, 0.05) is 0 Å². The summed E-state index contributed by atoms with van der Waals surface area (Å²) in [4.78, 5) is 0. The lowest BCUT2D eigenvalue weighted by Gasteiger charge is -2.26. The van der Waals surface area contributed by atoms with Crippen LogP contribution in [0.1, 0.15) is 19.8 Å². The lowest BCUT2D eigenvalue weighted by atomic mass is 10.1. The van der Waals surface area contributed by atoms with E-state index >= 15 is 0 Å². The summed E-state index contributed by atoms with van der Waals surface area (Å²) in [6.45, 7) is 2.36. The van der Waals surface area contributed by atoms with Gasteiger partial charge in [-0.05, 0) is 31.9 Å². The molecule has 2 rings (SSSR count). The zero-order valence-corrected chi connectivity index (χ0v) is 8.85. The second-order valence-corrected chi connectivity index (χ2v) is 3.92. The zero-order valence-electron chi connectivity index (χ0n) is 8.85. The Morgan fingerprint density at radius 1 is 1.40 bits per heavy atom. The highest BCUT2D eigenvalue weighted by Crippen LogP contribution is 2.31. The Hall–Kier alpha value is -1.22. The van der Waals surface area contributed by atoms with E-state index in [2.05, 4.69) is 0 Å². The van der Waals surface area contributed by atoms with Crippen LogP contribution in [0, 0.1) is 0 Å². The average Bonchev–Trinajstić information content (AvgIpc) is 2.26. The number of hydrogen-bond donors (Lipinski definition) is 1. The topological polar surface area (TPSA) is 38.7 Å². The van der Waals surface area contributed by atoms with Crippen molar-refractivity contribution in [1.29, 1.82) is 0 Å². The molecule has 1 N–H and O–H groups in total. The molecular weight excluding hydrogens is 192 g/mol. The number of benzene rings is 1. The Morgan fingerprint density at radius 3 is 2.87 bits per heavy atom. The van der Waals surface area contributed by atoms with Crippen molar-refractivity contribution in [2.45, 2.75) is 32.0 Å². The molecule has 0 saturated carbocycles. The van der Waals surface area contributed by atoms with E-state index in [1.165, 1.54) is 0 Å². The van der Waals surface area contributed by atoms with E-state index in [0.29, 0.717) is 6.61 Å². The molecule has 0 amide bonds.